The van der Waals surface area contributed by atoms with Crippen LogP contribution in [0.1, 0.15) is 13.3 Å². The van der Waals surface area contributed by atoms with Gasteiger partial charge in [-0.3, -0.25) is 20.2 Å². The number of hydrogen-bond donors (Lipinski definition) is 1. The van der Waals surface area contributed by atoms with E-state index in [-0.39, 0.29) is 12.4 Å². The van der Waals surface area contributed by atoms with Gasteiger partial charge in [-0.2, -0.15) is 4.84 Å². The normalized spacial score (nSPS) is 19.5. The lowest BCUT2D eigenvalue weighted by Crippen LogP contribution is -2.24. The Morgan fingerprint density at radius 1 is 1.29 bits per heavy atom. The SMILES string of the molecule is CC1(CCO)C=CC=C[N+](Oc2ccc([N+](=O)[O-])cc2[N+](=O)[O-])=N1. The van der Waals surface area contributed by atoms with Crippen molar-refractivity contribution in [2.75, 3.05) is 6.61 Å². The van der Waals surface area contributed by atoms with Crippen molar-refractivity contribution in [3.05, 3.63) is 62.9 Å². The smallest absolute Gasteiger partial charge is 0.325 e. The summed E-state index contributed by atoms with van der Waals surface area (Å²) >= 11 is 0. The maximum atomic E-state index is 11.1. The van der Waals surface area contributed by atoms with E-state index < -0.39 is 26.8 Å². The summed E-state index contributed by atoms with van der Waals surface area (Å²) < 4.78 is 0. The zero-order chi connectivity index (χ0) is 17.7. The van der Waals surface area contributed by atoms with Gasteiger partial charge in [0.1, 0.15) is 10.4 Å². The molecule has 0 saturated carbocycles. The summed E-state index contributed by atoms with van der Waals surface area (Å²) in [4.78, 5) is 26.8. The number of non-ortho nitro benzene ring substituents is 1. The lowest BCUT2D eigenvalue weighted by atomic mass is 9.99. The number of nitro benzene ring substituents is 2. The highest BCUT2D eigenvalue weighted by molar-refractivity contribution is 5.53. The Morgan fingerprint density at radius 2 is 2.04 bits per heavy atom. The molecule has 1 unspecified atom stereocenters. The molecule has 0 radical (unpaired) electrons. The number of benzene rings is 1. The van der Waals surface area contributed by atoms with E-state index in [1.165, 1.54) is 6.20 Å². The van der Waals surface area contributed by atoms with E-state index in [2.05, 4.69) is 5.11 Å². The summed E-state index contributed by atoms with van der Waals surface area (Å²) in [5.74, 6) is -0.188. The molecule has 0 fully saturated rings. The van der Waals surface area contributed by atoms with Crippen LogP contribution in [0.4, 0.5) is 11.4 Å². The van der Waals surface area contributed by atoms with Crippen molar-refractivity contribution in [1.29, 1.82) is 0 Å². The minimum atomic E-state index is -0.769. The summed E-state index contributed by atoms with van der Waals surface area (Å²) in [5.41, 5.74) is -1.72. The molecule has 0 bridgehead atoms. The largest absolute Gasteiger partial charge is 0.396 e. The molecular weight excluding hydrogens is 320 g/mol. The van der Waals surface area contributed by atoms with E-state index in [9.17, 15) is 20.2 Å². The highest BCUT2D eigenvalue weighted by atomic mass is 16.7. The van der Waals surface area contributed by atoms with Gasteiger partial charge < -0.3 is 5.11 Å². The maximum absolute atomic E-state index is 11.1. The first-order valence-corrected chi connectivity index (χ1v) is 6.94. The third-order valence-electron chi connectivity index (χ3n) is 3.27. The molecule has 1 atom stereocenters. The minimum Gasteiger partial charge on any atom is -0.396 e. The molecule has 0 aliphatic carbocycles. The van der Waals surface area contributed by atoms with E-state index in [1.54, 1.807) is 25.2 Å². The van der Waals surface area contributed by atoms with Crippen LogP contribution in [-0.2, 0) is 0 Å². The average molecular weight is 335 g/mol. The highest BCUT2D eigenvalue weighted by Gasteiger charge is 2.30. The van der Waals surface area contributed by atoms with Crippen molar-refractivity contribution in [2.45, 2.75) is 18.9 Å². The number of nitrogens with zero attached hydrogens (tertiary/aromatic N) is 4. The molecular formula is C14H15N4O6+. The molecule has 1 aromatic carbocycles. The third kappa shape index (κ3) is 3.98. The number of allylic oxidation sites excluding steroid dienone is 2. The Balaban J connectivity index is 2.38. The average Bonchev–Trinajstić information content (AvgIpc) is 2.69. The molecule has 126 valence electrons. The highest BCUT2D eigenvalue weighted by Crippen LogP contribution is 2.31. The standard InChI is InChI=1S/C14H15N4O6/c1-14(7-9-19)6-2-3-8-16(15-14)24-13-5-4-11(17(20)21)10-12(13)18(22)23/h2-6,8,10,19H,7,9H2,1H3/q+1. The van der Waals surface area contributed by atoms with E-state index in [4.69, 9.17) is 9.94 Å². The van der Waals surface area contributed by atoms with Crippen LogP contribution in [0.3, 0.4) is 0 Å². The Labute approximate surface area is 136 Å². The van der Waals surface area contributed by atoms with Crippen LogP contribution in [0, 0.1) is 20.2 Å². The van der Waals surface area contributed by atoms with Gasteiger partial charge >= 0.3 is 5.69 Å². The first kappa shape index (κ1) is 17.2. The monoisotopic (exact) mass is 335 g/mol. The van der Waals surface area contributed by atoms with Crippen molar-refractivity contribution in [2.24, 2.45) is 5.11 Å². The summed E-state index contributed by atoms with van der Waals surface area (Å²) in [6.45, 7) is 1.66. The van der Waals surface area contributed by atoms with Crippen LogP contribution in [-0.4, -0.2) is 32.0 Å². The fraction of sp³-hybridized carbons (Fsp3) is 0.286. The second kappa shape index (κ2) is 6.96. The number of hydrogen-bond acceptors (Lipinski definition) is 7. The first-order valence-electron chi connectivity index (χ1n) is 6.94. The maximum Gasteiger partial charge on any atom is 0.325 e. The number of aliphatic hydroxyl groups is 1. The molecule has 1 aliphatic heterocycles. The molecule has 1 heterocycles. The van der Waals surface area contributed by atoms with Crippen molar-refractivity contribution in [1.82, 2.24) is 0 Å². The second-order valence-electron chi connectivity index (χ2n) is 5.19. The molecule has 24 heavy (non-hydrogen) atoms. The van der Waals surface area contributed by atoms with E-state index in [1.807, 2.05) is 0 Å². The van der Waals surface area contributed by atoms with Crippen LogP contribution in [0.5, 0.6) is 5.75 Å². The quantitative estimate of drug-likeness (QED) is 0.482. The molecule has 10 heteroatoms. The predicted octanol–water partition coefficient (Wildman–Crippen LogP) is 2.49. The van der Waals surface area contributed by atoms with Gasteiger partial charge in [0, 0.05) is 36.4 Å². The Hall–Kier alpha value is -3.14. The van der Waals surface area contributed by atoms with Crippen molar-refractivity contribution >= 4 is 11.4 Å². The molecule has 1 aliphatic rings. The fourth-order valence-corrected chi connectivity index (χ4v) is 2.03. The zero-order valence-electron chi connectivity index (χ0n) is 12.7. The number of rotatable bonds is 6. The van der Waals surface area contributed by atoms with Crippen LogP contribution in [0.15, 0.2) is 47.7 Å². The van der Waals surface area contributed by atoms with Gasteiger partial charge in [-0.1, -0.05) is 12.2 Å². The number of azo groups is 1. The van der Waals surface area contributed by atoms with Gasteiger partial charge in [-0.05, 0) is 6.92 Å². The molecule has 1 aromatic rings. The van der Waals surface area contributed by atoms with Gasteiger partial charge in [-0.25, -0.2) is 0 Å². The molecule has 0 spiro atoms. The van der Waals surface area contributed by atoms with Gasteiger partial charge in [-0.15, -0.1) is 0 Å². The Bertz CT molecular complexity index is 758. The Kier molecular flexibility index (Phi) is 4.99. The van der Waals surface area contributed by atoms with E-state index in [0.717, 1.165) is 23.1 Å². The molecule has 10 nitrogen and oxygen atoms in total. The van der Waals surface area contributed by atoms with Gasteiger partial charge in [0.15, 0.2) is 0 Å². The predicted molar refractivity (Wildman–Crippen MR) is 81.5 cm³/mol. The minimum absolute atomic E-state index is 0.101. The molecule has 0 saturated heterocycles. The Morgan fingerprint density at radius 3 is 2.67 bits per heavy atom. The summed E-state index contributed by atoms with van der Waals surface area (Å²) in [5, 5.41) is 35.3. The van der Waals surface area contributed by atoms with Crippen LogP contribution >= 0.6 is 0 Å². The number of nitro groups is 2. The fourth-order valence-electron chi connectivity index (χ4n) is 2.03. The third-order valence-corrected chi connectivity index (χ3v) is 3.27. The topological polar surface area (TPSA) is 131 Å². The van der Waals surface area contributed by atoms with Crippen molar-refractivity contribution in [3.8, 4) is 5.75 Å². The van der Waals surface area contributed by atoms with Crippen LogP contribution in [0.2, 0.25) is 0 Å². The van der Waals surface area contributed by atoms with Gasteiger partial charge in [0.05, 0.1) is 15.9 Å². The van der Waals surface area contributed by atoms with E-state index in [0.29, 0.717) is 6.42 Å². The lowest BCUT2D eigenvalue weighted by Gasteiger charge is -2.13. The molecule has 0 amide bonds. The van der Waals surface area contributed by atoms with Crippen molar-refractivity contribution in [3.63, 3.8) is 0 Å². The number of aliphatic hydroxyl groups excluding tert-OH is 1. The van der Waals surface area contributed by atoms with Crippen molar-refractivity contribution < 1.29 is 24.7 Å². The number of hydroxylamine groups is 1. The molecule has 2 rings (SSSR count). The van der Waals surface area contributed by atoms with Gasteiger partial charge in [0.2, 0.25) is 0 Å². The summed E-state index contributed by atoms with van der Waals surface area (Å²) in [7, 11) is 0. The van der Waals surface area contributed by atoms with E-state index >= 15 is 0 Å². The summed E-state index contributed by atoms with van der Waals surface area (Å²) in [6.07, 6.45) is 6.85. The molecule has 1 N–H and O–H groups in total. The van der Waals surface area contributed by atoms with Gasteiger partial charge in [0.25, 0.3) is 17.6 Å². The second-order valence-corrected chi connectivity index (χ2v) is 5.19. The van der Waals surface area contributed by atoms with Crippen LogP contribution in [0.25, 0.3) is 0 Å². The molecule has 0 aromatic heterocycles. The zero-order valence-corrected chi connectivity index (χ0v) is 12.7. The van der Waals surface area contributed by atoms with Crippen LogP contribution < -0.4 is 4.84 Å². The lowest BCUT2D eigenvalue weighted by molar-refractivity contribution is -0.749. The first-order chi connectivity index (χ1) is 11.3. The summed E-state index contributed by atoms with van der Waals surface area (Å²) in [6, 6.07) is 3.07.